The summed E-state index contributed by atoms with van der Waals surface area (Å²) in [5, 5.41) is 11.9. The highest BCUT2D eigenvalue weighted by Gasteiger charge is 2.10. The first-order valence-electron chi connectivity index (χ1n) is 6.98. The Hall–Kier alpha value is -2.37. The Labute approximate surface area is 122 Å². The number of aromatic nitrogens is 2. The summed E-state index contributed by atoms with van der Waals surface area (Å²) in [4.78, 5) is 27.0. The normalized spacial score (nSPS) is 12.3. The highest BCUT2D eigenvalue weighted by molar-refractivity contribution is 5.92. The summed E-state index contributed by atoms with van der Waals surface area (Å²) in [5.74, 6) is -0.986. The van der Waals surface area contributed by atoms with Crippen molar-refractivity contribution in [3.8, 4) is 0 Å². The molecule has 2 rings (SSSR count). The van der Waals surface area contributed by atoms with Crippen LogP contribution >= 0.6 is 0 Å². The third kappa shape index (κ3) is 3.59. The Morgan fingerprint density at radius 1 is 1.43 bits per heavy atom. The first kappa shape index (κ1) is 15.0. The first-order chi connectivity index (χ1) is 10.0. The van der Waals surface area contributed by atoms with Crippen LogP contribution in [0.1, 0.15) is 37.0 Å². The average molecular weight is 289 g/mol. The molecule has 21 heavy (non-hydrogen) atoms. The molecule has 2 aromatic rings. The lowest BCUT2D eigenvalue weighted by molar-refractivity contribution is -0.121. The number of aromatic carboxylic acids is 1. The number of amides is 1. The van der Waals surface area contributed by atoms with E-state index in [0.717, 1.165) is 17.5 Å². The number of rotatable bonds is 6. The minimum absolute atomic E-state index is 0.0133. The second-order valence-corrected chi connectivity index (χ2v) is 5.07. The van der Waals surface area contributed by atoms with Crippen molar-refractivity contribution in [2.75, 3.05) is 0 Å². The third-order valence-corrected chi connectivity index (χ3v) is 3.47. The van der Waals surface area contributed by atoms with Gasteiger partial charge in [0.25, 0.3) is 0 Å². The molecule has 0 saturated heterocycles. The van der Waals surface area contributed by atoms with Crippen LogP contribution in [0.15, 0.2) is 24.5 Å². The van der Waals surface area contributed by atoms with E-state index >= 15 is 0 Å². The van der Waals surface area contributed by atoms with Crippen molar-refractivity contribution in [1.82, 2.24) is 14.9 Å². The largest absolute Gasteiger partial charge is 0.478 e. The van der Waals surface area contributed by atoms with Gasteiger partial charge in [-0.05, 0) is 31.5 Å². The van der Waals surface area contributed by atoms with Crippen LogP contribution in [0.5, 0.6) is 0 Å². The van der Waals surface area contributed by atoms with Crippen LogP contribution in [0.2, 0.25) is 0 Å². The molecule has 1 amide bonds. The maximum absolute atomic E-state index is 11.8. The summed E-state index contributed by atoms with van der Waals surface area (Å²) in [5.41, 5.74) is 1.67. The number of carboxylic acids is 1. The molecule has 0 bridgehead atoms. The number of nitrogens with one attached hydrogen (secondary N) is 1. The van der Waals surface area contributed by atoms with Gasteiger partial charge in [-0.3, -0.25) is 4.79 Å². The molecule has 6 nitrogen and oxygen atoms in total. The van der Waals surface area contributed by atoms with Gasteiger partial charge in [-0.1, -0.05) is 6.92 Å². The third-order valence-electron chi connectivity index (χ3n) is 3.47. The van der Waals surface area contributed by atoms with Crippen molar-refractivity contribution in [3.05, 3.63) is 30.1 Å². The summed E-state index contributed by atoms with van der Waals surface area (Å²) in [6.07, 6.45) is 2.86. The summed E-state index contributed by atoms with van der Waals surface area (Å²) in [7, 11) is 0. The molecule has 0 saturated carbocycles. The van der Waals surface area contributed by atoms with Crippen LogP contribution in [-0.2, 0) is 11.3 Å². The summed E-state index contributed by atoms with van der Waals surface area (Å²) in [6, 6.07) is 4.94. The fraction of sp³-hybridized carbons (Fsp3) is 0.400. The molecule has 1 aromatic heterocycles. The molecule has 0 aliphatic heterocycles. The Kier molecular flexibility index (Phi) is 4.57. The second kappa shape index (κ2) is 6.39. The lowest BCUT2D eigenvalue weighted by atomic mass is 10.2. The predicted molar refractivity (Wildman–Crippen MR) is 79.2 cm³/mol. The lowest BCUT2D eigenvalue weighted by Gasteiger charge is -2.11. The number of nitrogens with zero attached hydrogens (tertiary/aromatic N) is 2. The van der Waals surface area contributed by atoms with E-state index in [4.69, 9.17) is 5.11 Å². The molecule has 6 heteroatoms. The Morgan fingerprint density at radius 2 is 2.19 bits per heavy atom. The predicted octanol–water partition coefficient (Wildman–Crippen LogP) is 2.04. The van der Waals surface area contributed by atoms with E-state index in [9.17, 15) is 9.59 Å². The van der Waals surface area contributed by atoms with E-state index in [1.807, 2.05) is 13.8 Å². The standard InChI is InChI=1S/C15H19N3O3/c1-3-10(2)17-14(19)6-7-18-9-16-12-5-4-11(15(20)21)8-13(12)18/h4-5,8-10H,3,6-7H2,1-2H3,(H,17,19)(H,20,21). The summed E-state index contributed by atoms with van der Waals surface area (Å²) < 4.78 is 1.80. The number of carbonyl (C=O) groups is 2. The van der Waals surface area contributed by atoms with Crippen LogP contribution in [0, 0.1) is 0 Å². The fourth-order valence-corrected chi connectivity index (χ4v) is 2.04. The van der Waals surface area contributed by atoms with Crippen molar-refractivity contribution >= 4 is 22.9 Å². The van der Waals surface area contributed by atoms with E-state index < -0.39 is 5.97 Å². The number of carbonyl (C=O) groups excluding carboxylic acids is 1. The zero-order valence-electron chi connectivity index (χ0n) is 12.2. The van der Waals surface area contributed by atoms with Gasteiger partial charge in [0.2, 0.25) is 5.91 Å². The minimum Gasteiger partial charge on any atom is -0.478 e. The zero-order chi connectivity index (χ0) is 15.4. The van der Waals surface area contributed by atoms with Crippen molar-refractivity contribution < 1.29 is 14.7 Å². The van der Waals surface area contributed by atoms with Crippen molar-refractivity contribution in [2.45, 2.75) is 39.3 Å². The highest BCUT2D eigenvalue weighted by Crippen LogP contribution is 2.15. The van der Waals surface area contributed by atoms with Crippen LogP contribution in [0.3, 0.4) is 0 Å². The average Bonchev–Trinajstić information content (AvgIpc) is 2.87. The molecule has 1 unspecified atom stereocenters. The van der Waals surface area contributed by atoms with Crippen molar-refractivity contribution in [1.29, 1.82) is 0 Å². The molecular formula is C15H19N3O3. The topological polar surface area (TPSA) is 84.2 Å². The molecule has 0 radical (unpaired) electrons. The quantitative estimate of drug-likeness (QED) is 0.852. The van der Waals surface area contributed by atoms with Crippen LogP contribution in [0.25, 0.3) is 11.0 Å². The molecule has 112 valence electrons. The molecule has 0 fully saturated rings. The lowest BCUT2D eigenvalue weighted by Crippen LogP contribution is -2.32. The molecular weight excluding hydrogens is 270 g/mol. The van der Waals surface area contributed by atoms with Gasteiger partial charge in [0.05, 0.1) is 22.9 Å². The van der Waals surface area contributed by atoms with E-state index in [1.54, 1.807) is 23.0 Å². The summed E-state index contributed by atoms with van der Waals surface area (Å²) in [6.45, 7) is 4.45. The molecule has 2 N–H and O–H groups in total. The van der Waals surface area contributed by atoms with Gasteiger partial charge in [0, 0.05) is 19.0 Å². The molecule has 0 aliphatic rings. The van der Waals surface area contributed by atoms with Gasteiger partial charge >= 0.3 is 5.97 Å². The number of aryl methyl sites for hydroxylation is 1. The number of carboxylic acid groups (broad SMARTS) is 1. The molecule has 1 heterocycles. The molecule has 0 spiro atoms. The molecule has 1 atom stereocenters. The van der Waals surface area contributed by atoms with Gasteiger partial charge in [0.15, 0.2) is 0 Å². The molecule has 1 aromatic carbocycles. The van der Waals surface area contributed by atoms with Crippen LogP contribution in [-0.4, -0.2) is 32.6 Å². The van der Waals surface area contributed by atoms with Gasteiger partial charge in [-0.15, -0.1) is 0 Å². The monoisotopic (exact) mass is 289 g/mol. The number of hydrogen-bond acceptors (Lipinski definition) is 3. The van der Waals surface area contributed by atoms with E-state index in [-0.39, 0.29) is 17.5 Å². The smallest absolute Gasteiger partial charge is 0.335 e. The van der Waals surface area contributed by atoms with Crippen molar-refractivity contribution in [2.24, 2.45) is 0 Å². The summed E-state index contributed by atoms with van der Waals surface area (Å²) >= 11 is 0. The van der Waals surface area contributed by atoms with Gasteiger partial charge in [0.1, 0.15) is 0 Å². The maximum Gasteiger partial charge on any atom is 0.335 e. The fourth-order valence-electron chi connectivity index (χ4n) is 2.04. The van der Waals surface area contributed by atoms with E-state index in [0.29, 0.717) is 13.0 Å². The Bertz CT molecular complexity index is 663. The van der Waals surface area contributed by atoms with E-state index in [1.165, 1.54) is 6.07 Å². The Balaban J connectivity index is 2.10. The second-order valence-electron chi connectivity index (χ2n) is 5.07. The van der Waals surface area contributed by atoms with Crippen LogP contribution < -0.4 is 5.32 Å². The zero-order valence-corrected chi connectivity index (χ0v) is 12.2. The van der Waals surface area contributed by atoms with Crippen molar-refractivity contribution in [3.63, 3.8) is 0 Å². The maximum atomic E-state index is 11.8. The molecule has 0 aliphatic carbocycles. The first-order valence-corrected chi connectivity index (χ1v) is 6.98. The number of imidazole rings is 1. The van der Waals surface area contributed by atoms with Gasteiger partial charge in [-0.25, -0.2) is 9.78 Å². The van der Waals surface area contributed by atoms with Gasteiger partial charge in [-0.2, -0.15) is 0 Å². The minimum atomic E-state index is -0.973. The number of hydrogen-bond donors (Lipinski definition) is 2. The Morgan fingerprint density at radius 3 is 2.86 bits per heavy atom. The van der Waals surface area contributed by atoms with E-state index in [2.05, 4.69) is 10.3 Å². The number of fused-ring (bicyclic) bond motifs is 1. The number of benzene rings is 1. The van der Waals surface area contributed by atoms with Crippen LogP contribution in [0.4, 0.5) is 0 Å². The SMILES string of the molecule is CCC(C)NC(=O)CCn1cnc2ccc(C(=O)O)cc21. The van der Waals surface area contributed by atoms with Gasteiger partial charge < -0.3 is 15.0 Å². The highest BCUT2D eigenvalue weighted by atomic mass is 16.4.